The third-order valence-electron chi connectivity index (χ3n) is 2.55. The largest absolute Gasteiger partial charge is 0.311 e. The van der Waals surface area contributed by atoms with Crippen LogP contribution in [-0.2, 0) is 6.42 Å². The van der Waals surface area contributed by atoms with Crippen molar-refractivity contribution in [1.29, 1.82) is 0 Å². The van der Waals surface area contributed by atoms with E-state index < -0.39 is 0 Å². The van der Waals surface area contributed by atoms with Crippen molar-refractivity contribution in [1.82, 2.24) is 14.9 Å². The third kappa shape index (κ3) is 2.80. The predicted octanol–water partition coefficient (Wildman–Crippen LogP) is 2.83. The molecule has 0 saturated heterocycles. The van der Waals surface area contributed by atoms with E-state index in [4.69, 9.17) is 11.6 Å². The van der Waals surface area contributed by atoms with Crippen LogP contribution in [0.25, 0.3) is 0 Å². The zero-order valence-electron chi connectivity index (χ0n) is 9.15. The molecule has 0 bridgehead atoms. The molecule has 3 nitrogen and oxygen atoms in total. The summed E-state index contributed by atoms with van der Waals surface area (Å²) in [4.78, 5) is 0. The minimum atomic E-state index is -0.291. The first-order chi connectivity index (χ1) is 8.22. The van der Waals surface area contributed by atoms with Gasteiger partial charge in [0.15, 0.2) is 0 Å². The van der Waals surface area contributed by atoms with Crippen molar-refractivity contribution in [3.63, 3.8) is 0 Å². The van der Waals surface area contributed by atoms with E-state index in [2.05, 4.69) is 14.9 Å². The molecule has 0 aliphatic carbocycles. The summed E-state index contributed by atoms with van der Waals surface area (Å²) in [6.45, 7) is 0. The molecule has 1 aromatic carbocycles. The van der Waals surface area contributed by atoms with Crippen molar-refractivity contribution in [2.45, 2.75) is 12.5 Å². The van der Waals surface area contributed by atoms with Gasteiger partial charge in [-0.3, -0.25) is 0 Å². The summed E-state index contributed by atoms with van der Waals surface area (Å²) in [6.07, 6.45) is 0.452. The lowest BCUT2D eigenvalue weighted by atomic mass is 10.0. The van der Waals surface area contributed by atoms with E-state index >= 15 is 0 Å². The van der Waals surface area contributed by atoms with E-state index in [1.165, 1.54) is 17.6 Å². The molecule has 1 heterocycles. The Morgan fingerprint density at radius 1 is 1.53 bits per heavy atom. The van der Waals surface area contributed by atoms with Crippen LogP contribution in [0.3, 0.4) is 0 Å². The molecule has 0 spiro atoms. The second kappa shape index (κ2) is 5.53. The fourth-order valence-corrected chi connectivity index (χ4v) is 2.36. The lowest BCUT2D eigenvalue weighted by Crippen LogP contribution is -2.20. The molecule has 2 rings (SSSR count). The van der Waals surface area contributed by atoms with Gasteiger partial charge in [-0.2, -0.15) is 0 Å². The second-order valence-corrected chi connectivity index (χ2v) is 4.59. The summed E-state index contributed by atoms with van der Waals surface area (Å²) in [6, 6.07) is 4.61. The van der Waals surface area contributed by atoms with E-state index in [-0.39, 0.29) is 11.9 Å². The van der Waals surface area contributed by atoms with E-state index in [0.717, 1.165) is 5.69 Å². The fourth-order valence-electron chi connectivity index (χ4n) is 1.61. The summed E-state index contributed by atoms with van der Waals surface area (Å²) < 4.78 is 17.4. The molecule has 1 aromatic heterocycles. The van der Waals surface area contributed by atoms with Crippen LogP contribution >= 0.6 is 23.1 Å². The Labute approximate surface area is 108 Å². The quantitative estimate of drug-likeness (QED) is 0.929. The third-order valence-corrected chi connectivity index (χ3v) is 3.43. The highest BCUT2D eigenvalue weighted by Crippen LogP contribution is 2.25. The first-order valence-electron chi connectivity index (χ1n) is 5.09. The van der Waals surface area contributed by atoms with Gasteiger partial charge in [0, 0.05) is 16.0 Å². The number of halogens is 2. The topological polar surface area (TPSA) is 37.8 Å². The molecular weight excluding hydrogens is 261 g/mol. The van der Waals surface area contributed by atoms with Crippen molar-refractivity contribution in [2.24, 2.45) is 0 Å². The Hall–Kier alpha value is -1.04. The number of benzene rings is 1. The number of likely N-dealkylation sites (N-methyl/N-ethyl adjacent to an activating group) is 1. The number of hydrogen-bond donors (Lipinski definition) is 1. The lowest BCUT2D eigenvalue weighted by Gasteiger charge is -2.14. The molecule has 2 aromatic rings. The van der Waals surface area contributed by atoms with E-state index in [0.29, 0.717) is 17.0 Å². The average Bonchev–Trinajstić information content (AvgIpc) is 2.82. The number of rotatable bonds is 4. The molecular formula is C11H11ClFN3S. The smallest absolute Gasteiger partial charge is 0.127 e. The zero-order chi connectivity index (χ0) is 12.3. The standard InChI is InChI=1S/C11H11ClFN3S/c1-14-10(11-6-17-16-15-11)5-7-8(12)3-2-4-9(7)13/h2-4,6,10,14H,5H2,1H3. The SMILES string of the molecule is CNC(Cc1c(F)cccc1Cl)c1csnn1. The highest BCUT2D eigenvalue weighted by atomic mass is 35.5. The maximum absolute atomic E-state index is 13.6. The highest BCUT2D eigenvalue weighted by Gasteiger charge is 2.17. The zero-order valence-corrected chi connectivity index (χ0v) is 10.7. The van der Waals surface area contributed by atoms with Crippen molar-refractivity contribution in [3.8, 4) is 0 Å². The van der Waals surface area contributed by atoms with Crippen LogP contribution in [0.1, 0.15) is 17.3 Å². The van der Waals surface area contributed by atoms with Crippen molar-refractivity contribution in [2.75, 3.05) is 7.05 Å². The predicted molar refractivity (Wildman–Crippen MR) is 66.8 cm³/mol. The van der Waals surface area contributed by atoms with Gasteiger partial charge < -0.3 is 5.32 Å². The summed E-state index contributed by atoms with van der Waals surface area (Å²) in [5.41, 5.74) is 1.30. The Morgan fingerprint density at radius 3 is 2.94 bits per heavy atom. The van der Waals surface area contributed by atoms with Crippen LogP contribution in [0.4, 0.5) is 4.39 Å². The Balaban J connectivity index is 2.25. The summed E-state index contributed by atoms with van der Waals surface area (Å²) in [5.74, 6) is -0.291. The molecule has 90 valence electrons. The maximum Gasteiger partial charge on any atom is 0.127 e. The van der Waals surface area contributed by atoms with Crippen molar-refractivity contribution < 1.29 is 4.39 Å². The highest BCUT2D eigenvalue weighted by molar-refractivity contribution is 7.03. The van der Waals surface area contributed by atoms with E-state index in [1.54, 1.807) is 19.2 Å². The first kappa shape index (κ1) is 12.4. The summed E-state index contributed by atoms with van der Waals surface area (Å²) in [7, 11) is 1.80. The Morgan fingerprint density at radius 2 is 2.35 bits per heavy atom. The van der Waals surface area contributed by atoms with Gasteiger partial charge in [0.2, 0.25) is 0 Å². The van der Waals surface area contributed by atoms with Crippen molar-refractivity contribution in [3.05, 3.63) is 45.7 Å². The Bertz CT molecular complexity index is 469. The van der Waals surface area contributed by atoms with Gasteiger partial charge in [-0.15, -0.1) is 5.10 Å². The van der Waals surface area contributed by atoms with Crippen LogP contribution in [0.5, 0.6) is 0 Å². The molecule has 0 aliphatic heterocycles. The molecule has 0 amide bonds. The molecule has 0 radical (unpaired) electrons. The molecule has 1 atom stereocenters. The van der Waals surface area contributed by atoms with Gasteiger partial charge in [0.25, 0.3) is 0 Å². The number of nitrogens with zero attached hydrogens (tertiary/aromatic N) is 2. The second-order valence-electron chi connectivity index (χ2n) is 3.58. The lowest BCUT2D eigenvalue weighted by molar-refractivity contribution is 0.544. The minimum absolute atomic E-state index is 0.0804. The molecule has 1 N–H and O–H groups in total. The summed E-state index contributed by atoms with van der Waals surface area (Å²) >= 11 is 7.27. The monoisotopic (exact) mass is 271 g/mol. The number of nitrogens with one attached hydrogen (secondary N) is 1. The maximum atomic E-state index is 13.6. The van der Waals surface area contributed by atoms with Crippen LogP contribution in [0.15, 0.2) is 23.6 Å². The van der Waals surface area contributed by atoms with Crippen LogP contribution in [-0.4, -0.2) is 16.6 Å². The Kier molecular flexibility index (Phi) is 4.04. The molecule has 6 heteroatoms. The number of hydrogen-bond acceptors (Lipinski definition) is 4. The first-order valence-corrected chi connectivity index (χ1v) is 6.31. The number of aromatic nitrogens is 2. The van der Waals surface area contributed by atoms with Crippen LogP contribution in [0, 0.1) is 5.82 Å². The van der Waals surface area contributed by atoms with Gasteiger partial charge in [-0.05, 0) is 37.1 Å². The average molecular weight is 272 g/mol. The van der Waals surface area contributed by atoms with Gasteiger partial charge >= 0.3 is 0 Å². The summed E-state index contributed by atoms with van der Waals surface area (Å²) in [5, 5.41) is 9.35. The normalized spacial score (nSPS) is 12.6. The molecule has 0 saturated carbocycles. The van der Waals surface area contributed by atoms with Gasteiger partial charge in [-0.1, -0.05) is 22.2 Å². The van der Waals surface area contributed by atoms with Crippen LogP contribution < -0.4 is 5.32 Å². The van der Waals surface area contributed by atoms with Crippen molar-refractivity contribution >= 4 is 23.1 Å². The minimum Gasteiger partial charge on any atom is -0.311 e. The molecule has 0 aliphatic rings. The molecule has 17 heavy (non-hydrogen) atoms. The van der Waals surface area contributed by atoms with E-state index in [1.807, 2.05) is 5.38 Å². The molecule has 0 fully saturated rings. The molecule has 1 unspecified atom stereocenters. The van der Waals surface area contributed by atoms with Crippen LogP contribution in [0.2, 0.25) is 5.02 Å². The van der Waals surface area contributed by atoms with Gasteiger partial charge in [-0.25, -0.2) is 4.39 Å². The van der Waals surface area contributed by atoms with E-state index in [9.17, 15) is 4.39 Å². The van der Waals surface area contributed by atoms with Gasteiger partial charge in [0.05, 0.1) is 11.7 Å². The van der Waals surface area contributed by atoms with Gasteiger partial charge in [0.1, 0.15) is 5.82 Å². The fraction of sp³-hybridized carbons (Fsp3) is 0.273.